The molecule has 0 saturated carbocycles. The second-order valence-electron chi connectivity index (χ2n) is 5.50. The molecule has 0 aromatic carbocycles. The van der Waals surface area contributed by atoms with Gasteiger partial charge in [-0.25, -0.2) is 0 Å². The largest absolute Gasteiger partial charge is 0.463 e. The Morgan fingerprint density at radius 1 is 1.00 bits per heavy atom. The standard InChI is InChI=1S/C15H22ClNO8S/c1-7(18)17-12-14(24-10(4)21)13(23-9(3)20)11(5-22-8(2)19)25-15(12)26-6-16/h11-15H,5-6H2,1-4H3,(H,17,18)/t11-,12-,13-,14-,15+/m1/s1. The third-order valence-electron chi connectivity index (χ3n) is 3.30. The fraction of sp³-hybridized carbons (Fsp3) is 0.733. The molecule has 0 radical (unpaired) electrons. The summed E-state index contributed by atoms with van der Waals surface area (Å²) in [6.45, 7) is 4.66. The number of carbonyl (C=O) groups excluding carboxylic acids is 4. The molecule has 148 valence electrons. The summed E-state index contributed by atoms with van der Waals surface area (Å²) in [4.78, 5) is 45.8. The molecule has 1 aliphatic rings. The quantitative estimate of drug-likeness (QED) is 0.364. The summed E-state index contributed by atoms with van der Waals surface area (Å²) in [6, 6.07) is -0.821. The Labute approximate surface area is 160 Å². The third-order valence-corrected chi connectivity index (χ3v) is 4.54. The molecule has 11 heteroatoms. The van der Waals surface area contributed by atoms with Gasteiger partial charge in [-0.05, 0) is 0 Å². The summed E-state index contributed by atoms with van der Waals surface area (Å²) < 4.78 is 21.4. The van der Waals surface area contributed by atoms with Gasteiger partial charge in [-0.3, -0.25) is 19.2 Å². The van der Waals surface area contributed by atoms with Gasteiger partial charge in [0.05, 0.1) is 5.21 Å². The number of ether oxygens (including phenoxy) is 4. The molecule has 1 fully saturated rings. The molecule has 0 aromatic rings. The Hall–Kier alpha value is -1.52. The van der Waals surface area contributed by atoms with Crippen LogP contribution in [0.2, 0.25) is 0 Å². The third kappa shape index (κ3) is 7.00. The van der Waals surface area contributed by atoms with E-state index in [1.54, 1.807) is 0 Å². The molecule has 1 saturated heterocycles. The lowest BCUT2D eigenvalue weighted by Gasteiger charge is -2.44. The van der Waals surface area contributed by atoms with Crippen LogP contribution in [-0.4, -0.2) is 65.4 Å². The predicted molar refractivity (Wildman–Crippen MR) is 92.3 cm³/mol. The van der Waals surface area contributed by atoms with E-state index in [9.17, 15) is 19.2 Å². The van der Waals surface area contributed by atoms with E-state index in [0.29, 0.717) is 0 Å². The van der Waals surface area contributed by atoms with Gasteiger partial charge >= 0.3 is 17.9 Å². The number of halogens is 1. The lowest BCUT2D eigenvalue weighted by Crippen LogP contribution is -2.65. The molecule has 0 aliphatic carbocycles. The molecule has 1 rings (SSSR count). The molecule has 0 bridgehead atoms. The van der Waals surface area contributed by atoms with Crippen molar-refractivity contribution in [3.63, 3.8) is 0 Å². The number of carbonyl (C=O) groups is 4. The zero-order valence-electron chi connectivity index (χ0n) is 14.9. The first-order chi connectivity index (χ1) is 12.1. The Morgan fingerprint density at radius 2 is 1.58 bits per heavy atom. The fourth-order valence-corrected chi connectivity index (χ4v) is 3.64. The molecule has 9 nitrogen and oxygen atoms in total. The lowest BCUT2D eigenvalue weighted by molar-refractivity contribution is -0.211. The Bertz CT molecular complexity index is 546. The van der Waals surface area contributed by atoms with Crippen molar-refractivity contribution in [2.75, 3.05) is 11.8 Å². The zero-order valence-corrected chi connectivity index (χ0v) is 16.4. The molecule has 0 unspecified atom stereocenters. The molecule has 0 spiro atoms. The number of hydrogen-bond acceptors (Lipinski definition) is 9. The monoisotopic (exact) mass is 411 g/mol. The molecule has 0 aromatic heterocycles. The number of rotatable bonds is 7. The van der Waals surface area contributed by atoms with E-state index in [4.69, 9.17) is 30.5 Å². The average Bonchev–Trinajstić information content (AvgIpc) is 2.50. The van der Waals surface area contributed by atoms with Crippen molar-refractivity contribution in [3.05, 3.63) is 0 Å². The summed E-state index contributed by atoms with van der Waals surface area (Å²) >= 11 is 6.93. The van der Waals surface area contributed by atoms with Gasteiger partial charge in [0.25, 0.3) is 0 Å². The summed E-state index contributed by atoms with van der Waals surface area (Å²) in [7, 11) is 0. The summed E-state index contributed by atoms with van der Waals surface area (Å²) in [5.41, 5.74) is -0.715. The molecule has 1 amide bonds. The van der Waals surface area contributed by atoms with Crippen molar-refractivity contribution in [2.24, 2.45) is 0 Å². The van der Waals surface area contributed by atoms with Gasteiger partial charge in [0.2, 0.25) is 5.91 Å². The van der Waals surface area contributed by atoms with Crippen LogP contribution in [0.1, 0.15) is 27.7 Å². The topological polar surface area (TPSA) is 117 Å². The van der Waals surface area contributed by atoms with E-state index in [2.05, 4.69) is 5.32 Å². The predicted octanol–water partition coefficient (Wildman–Crippen LogP) is 0.572. The van der Waals surface area contributed by atoms with E-state index in [0.717, 1.165) is 11.8 Å². The molecule has 5 atom stereocenters. The maximum atomic E-state index is 11.6. The van der Waals surface area contributed by atoms with Crippen molar-refractivity contribution in [1.29, 1.82) is 0 Å². The molecule has 1 heterocycles. The van der Waals surface area contributed by atoms with Crippen LogP contribution < -0.4 is 5.32 Å². The van der Waals surface area contributed by atoms with E-state index >= 15 is 0 Å². The van der Waals surface area contributed by atoms with Crippen LogP contribution in [0.5, 0.6) is 0 Å². The van der Waals surface area contributed by atoms with Crippen molar-refractivity contribution < 1.29 is 38.1 Å². The first kappa shape index (κ1) is 22.5. The van der Waals surface area contributed by atoms with Gasteiger partial charge in [0, 0.05) is 27.7 Å². The van der Waals surface area contributed by atoms with Crippen molar-refractivity contribution in [1.82, 2.24) is 5.32 Å². The van der Waals surface area contributed by atoms with Crippen LogP contribution in [0.4, 0.5) is 0 Å². The number of thioether (sulfide) groups is 1. The van der Waals surface area contributed by atoms with Gasteiger partial charge in [0.15, 0.2) is 12.2 Å². The van der Waals surface area contributed by atoms with E-state index < -0.39 is 53.6 Å². The number of esters is 3. The van der Waals surface area contributed by atoms with E-state index in [1.807, 2.05) is 0 Å². The van der Waals surface area contributed by atoms with Gasteiger partial charge in [0.1, 0.15) is 24.2 Å². The molecule has 1 N–H and O–H groups in total. The highest BCUT2D eigenvalue weighted by Crippen LogP contribution is 2.32. The average molecular weight is 412 g/mol. The fourth-order valence-electron chi connectivity index (χ4n) is 2.50. The van der Waals surface area contributed by atoms with Gasteiger partial charge < -0.3 is 24.3 Å². The second-order valence-corrected chi connectivity index (χ2v) is 7.17. The van der Waals surface area contributed by atoms with Gasteiger partial charge in [-0.2, -0.15) is 0 Å². The zero-order chi connectivity index (χ0) is 19.9. The van der Waals surface area contributed by atoms with Crippen LogP contribution in [0.15, 0.2) is 0 Å². The second kappa shape index (κ2) is 10.6. The van der Waals surface area contributed by atoms with Crippen molar-refractivity contribution in [3.8, 4) is 0 Å². The number of alkyl halides is 1. The number of nitrogens with one attached hydrogen (secondary N) is 1. The molecule has 26 heavy (non-hydrogen) atoms. The molecular formula is C15H22ClNO8S. The maximum absolute atomic E-state index is 11.6. The van der Waals surface area contributed by atoms with E-state index in [1.165, 1.54) is 27.7 Å². The van der Waals surface area contributed by atoms with Gasteiger partial charge in [-0.15, -0.1) is 23.4 Å². The van der Waals surface area contributed by atoms with Crippen LogP contribution in [-0.2, 0) is 38.1 Å². The minimum Gasteiger partial charge on any atom is -0.463 e. The minimum absolute atomic E-state index is 0.131. The lowest BCUT2D eigenvalue weighted by atomic mass is 9.97. The summed E-state index contributed by atoms with van der Waals surface area (Å²) in [5.74, 6) is -2.22. The highest BCUT2D eigenvalue weighted by Gasteiger charge is 2.50. The highest BCUT2D eigenvalue weighted by atomic mass is 35.5. The Morgan fingerprint density at radius 3 is 2.04 bits per heavy atom. The number of amides is 1. The molecular weight excluding hydrogens is 390 g/mol. The van der Waals surface area contributed by atoms with Crippen molar-refractivity contribution in [2.45, 2.75) is 57.5 Å². The first-order valence-electron chi connectivity index (χ1n) is 7.73. The maximum Gasteiger partial charge on any atom is 0.303 e. The normalized spacial score (nSPS) is 28.0. The summed E-state index contributed by atoms with van der Waals surface area (Å²) in [5, 5.41) is 2.77. The SMILES string of the molecule is CC(=O)N[C@@H]1[C@@H](OC(C)=O)[C@H](OC(C)=O)[C@@H](COC(C)=O)O[C@H]1SCCl. The first-order valence-corrected chi connectivity index (χ1v) is 9.32. The van der Waals surface area contributed by atoms with Crippen molar-refractivity contribution >= 4 is 47.2 Å². The van der Waals surface area contributed by atoms with Crippen LogP contribution in [0, 0.1) is 0 Å². The molecule has 1 aliphatic heterocycles. The Balaban J connectivity index is 3.22. The minimum atomic E-state index is -1.08. The smallest absolute Gasteiger partial charge is 0.303 e. The summed E-state index contributed by atoms with van der Waals surface area (Å²) in [6.07, 6.45) is -3.03. The van der Waals surface area contributed by atoms with E-state index in [-0.39, 0.29) is 11.8 Å². The van der Waals surface area contributed by atoms with Crippen LogP contribution in [0.3, 0.4) is 0 Å². The van der Waals surface area contributed by atoms with Crippen LogP contribution in [0.25, 0.3) is 0 Å². The number of hydrogen-bond donors (Lipinski definition) is 1. The van der Waals surface area contributed by atoms with Crippen LogP contribution >= 0.6 is 23.4 Å². The Kier molecular flexibility index (Phi) is 9.17. The highest BCUT2D eigenvalue weighted by molar-refractivity contribution is 8.00. The van der Waals surface area contributed by atoms with Gasteiger partial charge in [-0.1, -0.05) is 0 Å².